The lowest BCUT2D eigenvalue weighted by Gasteiger charge is -2.16. The van der Waals surface area contributed by atoms with E-state index in [2.05, 4.69) is 4.98 Å². The van der Waals surface area contributed by atoms with Crippen molar-refractivity contribution in [2.45, 2.75) is 26.1 Å². The Labute approximate surface area is 148 Å². The first-order chi connectivity index (χ1) is 10.8. The van der Waals surface area contributed by atoms with E-state index in [4.69, 9.17) is 44.3 Å². The maximum absolute atomic E-state index is 12.3. The molecule has 7 heteroatoms. The van der Waals surface area contributed by atoms with Crippen molar-refractivity contribution in [3.63, 3.8) is 0 Å². The number of pyridine rings is 1. The molecule has 0 N–H and O–H groups in total. The van der Waals surface area contributed by atoms with Gasteiger partial charge in [0.05, 0.1) is 27.9 Å². The quantitative estimate of drug-likeness (QED) is 0.548. The number of hydrogen-bond acceptors (Lipinski definition) is 4. The maximum atomic E-state index is 12.3. The predicted octanol–water partition coefficient (Wildman–Crippen LogP) is 5.03. The highest BCUT2D eigenvalue weighted by Gasteiger charge is 2.33. The van der Waals surface area contributed by atoms with Gasteiger partial charge >= 0.3 is 5.97 Å². The average Bonchev–Trinajstić information content (AvgIpc) is 2.78. The molecule has 23 heavy (non-hydrogen) atoms. The topological polar surface area (TPSA) is 48.4 Å². The van der Waals surface area contributed by atoms with Crippen LogP contribution in [-0.2, 0) is 16.9 Å². The molecule has 0 spiro atoms. The van der Waals surface area contributed by atoms with E-state index in [0.29, 0.717) is 17.2 Å². The van der Waals surface area contributed by atoms with Crippen LogP contribution in [0.5, 0.6) is 5.75 Å². The molecule has 2 heterocycles. The van der Waals surface area contributed by atoms with Crippen molar-refractivity contribution in [3.05, 3.63) is 56.3 Å². The molecule has 3 rings (SSSR count). The monoisotopic (exact) mass is 371 g/mol. The van der Waals surface area contributed by atoms with E-state index < -0.39 is 11.6 Å². The summed E-state index contributed by atoms with van der Waals surface area (Å²) in [5.74, 6) is -0.532. The van der Waals surface area contributed by atoms with Gasteiger partial charge in [-0.3, -0.25) is 4.98 Å². The molecule has 0 fully saturated rings. The first-order valence-corrected chi connectivity index (χ1v) is 7.91. The highest BCUT2D eigenvalue weighted by Crippen LogP contribution is 2.37. The largest absolute Gasteiger partial charge is 0.420 e. The first-order valence-electron chi connectivity index (χ1n) is 6.78. The van der Waals surface area contributed by atoms with Crippen molar-refractivity contribution in [3.8, 4) is 5.75 Å². The van der Waals surface area contributed by atoms with Gasteiger partial charge < -0.3 is 9.47 Å². The lowest BCUT2D eigenvalue weighted by atomic mass is 10.0. The molecule has 1 aliphatic rings. The molecule has 0 atom stereocenters. The fraction of sp³-hybridized carbons (Fsp3) is 0.250. The van der Waals surface area contributed by atoms with Crippen molar-refractivity contribution in [2.24, 2.45) is 0 Å². The summed E-state index contributed by atoms with van der Waals surface area (Å²) < 4.78 is 10.9. The number of aromatic nitrogens is 1. The van der Waals surface area contributed by atoms with Crippen LogP contribution in [0.25, 0.3) is 0 Å². The van der Waals surface area contributed by atoms with Crippen LogP contribution in [0.1, 0.15) is 35.5 Å². The summed E-state index contributed by atoms with van der Waals surface area (Å²) in [6.07, 6.45) is 1.45. The van der Waals surface area contributed by atoms with Crippen LogP contribution in [0.15, 0.2) is 24.4 Å². The Morgan fingerprint density at radius 2 is 1.87 bits per heavy atom. The van der Waals surface area contributed by atoms with Crippen LogP contribution in [0.2, 0.25) is 15.1 Å². The molecule has 0 aliphatic carbocycles. The Balaban J connectivity index is 1.88. The number of rotatable bonds is 2. The highest BCUT2D eigenvalue weighted by atomic mass is 35.5. The molecule has 0 radical (unpaired) electrons. The normalized spacial score (nSPS) is 15.3. The number of hydrogen-bond donors (Lipinski definition) is 0. The molecule has 0 saturated heterocycles. The zero-order chi connectivity index (χ0) is 16.8. The summed E-state index contributed by atoms with van der Waals surface area (Å²) in [5.41, 5.74) is 1.52. The molecule has 1 aliphatic heterocycles. The minimum atomic E-state index is -0.601. The second-order valence-electron chi connectivity index (χ2n) is 5.62. The number of halogens is 3. The summed E-state index contributed by atoms with van der Waals surface area (Å²) in [6.45, 7) is 4.26. The highest BCUT2D eigenvalue weighted by molar-refractivity contribution is 6.40. The number of carbonyl (C=O) groups is 1. The second kappa shape index (κ2) is 5.95. The smallest absolute Gasteiger partial charge is 0.345 e. The second-order valence-corrected chi connectivity index (χ2v) is 6.87. The molecule has 0 saturated carbocycles. The summed E-state index contributed by atoms with van der Waals surface area (Å²) in [7, 11) is 0. The Morgan fingerprint density at radius 1 is 1.22 bits per heavy atom. The molecule has 0 amide bonds. The van der Waals surface area contributed by atoms with Gasteiger partial charge in [-0.25, -0.2) is 4.79 Å². The van der Waals surface area contributed by atoms with Gasteiger partial charge in [0.25, 0.3) is 0 Å². The fourth-order valence-electron chi connectivity index (χ4n) is 2.38. The Bertz CT molecular complexity index is 782. The maximum Gasteiger partial charge on any atom is 0.345 e. The predicted molar refractivity (Wildman–Crippen MR) is 88.5 cm³/mol. The zero-order valence-corrected chi connectivity index (χ0v) is 14.6. The Kier molecular flexibility index (Phi) is 4.27. The summed E-state index contributed by atoms with van der Waals surface area (Å²) in [5, 5.41) is 0.683. The third-order valence-electron chi connectivity index (χ3n) is 3.52. The van der Waals surface area contributed by atoms with E-state index in [1.54, 1.807) is 6.07 Å². The molecule has 1 aromatic heterocycles. The lowest BCUT2D eigenvalue weighted by Crippen LogP contribution is -2.17. The lowest BCUT2D eigenvalue weighted by molar-refractivity contribution is -0.0101. The van der Waals surface area contributed by atoms with Crippen molar-refractivity contribution in [2.75, 3.05) is 0 Å². The van der Waals surface area contributed by atoms with Crippen molar-refractivity contribution >= 4 is 40.8 Å². The minimum Gasteiger partial charge on any atom is -0.420 e. The number of benzene rings is 1. The van der Waals surface area contributed by atoms with Crippen LogP contribution in [-0.4, -0.2) is 11.0 Å². The average molecular weight is 373 g/mol. The molecule has 0 unspecified atom stereocenters. The molecule has 1 aromatic carbocycles. The zero-order valence-electron chi connectivity index (χ0n) is 12.3. The van der Waals surface area contributed by atoms with Gasteiger partial charge in [-0.1, -0.05) is 34.8 Å². The third kappa shape index (κ3) is 3.17. The number of carbonyl (C=O) groups excluding carboxylic acids is 1. The van der Waals surface area contributed by atoms with Crippen LogP contribution in [0.3, 0.4) is 0 Å². The van der Waals surface area contributed by atoms with Gasteiger partial charge in [0.1, 0.15) is 5.60 Å². The molecule has 4 nitrogen and oxygen atoms in total. The van der Waals surface area contributed by atoms with Gasteiger partial charge in [-0.2, -0.15) is 0 Å². The van der Waals surface area contributed by atoms with E-state index in [0.717, 1.165) is 11.3 Å². The molecule has 2 aromatic rings. The van der Waals surface area contributed by atoms with Crippen LogP contribution < -0.4 is 4.74 Å². The van der Waals surface area contributed by atoms with Crippen LogP contribution in [0, 0.1) is 0 Å². The van der Waals surface area contributed by atoms with Gasteiger partial charge in [0.15, 0.2) is 5.75 Å². The molecular formula is C16H12Cl3NO3. The summed E-state index contributed by atoms with van der Waals surface area (Å²) >= 11 is 17.9. The standard InChI is InChI=1S/C16H12Cl3NO3/c1-16(2)14-9(7-22-16)3-8(6-20-14)15(21)23-13-11(18)4-10(17)5-12(13)19/h3-6H,7H2,1-2H3. The SMILES string of the molecule is CC1(C)OCc2cc(C(=O)Oc3c(Cl)cc(Cl)cc3Cl)cnc21. The summed E-state index contributed by atoms with van der Waals surface area (Å²) in [4.78, 5) is 16.6. The summed E-state index contributed by atoms with van der Waals surface area (Å²) in [6, 6.07) is 4.61. The van der Waals surface area contributed by atoms with Gasteiger partial charge in [-0.05, 0) is 32.0 Å². The van der Waals surface area contributed by atoms with E-state index in [1.807, 2.05) is 13.8 Å². The van der Waals surface area contributed by atoms with Gasteiger partial charge in [0.2, 0.25) is 0 Å². The van der Waals surface area contributed by atoms with Gasteiger partial charge in [-0.15, -0.1) is 0 Å². The number of ether oxygens (including phenoxy) is 2. The Hall–Kier alpha value is -1.33. The van der Waals surface area contributed by atoms with Gasteiger partial charge in [0, 0.05) is 16.8 Å². The minimum absolute atomic E-state index is 0.0693. The van der Waals surface area contributed by atoms with Crippen LogP contribution in [0.4, 0.5) is 0 Å². The van der Waals surface area contributed by atoms with Crippen molar-refractivity contribution < 1.29 is 14.3 Å². The van der Waals surface area contributed by atoms with E-state index in [-0.39, 0.29) is 15.8 Å². The first kappa shape index (κ1) is 16.5. The third-order valence-corrected chi connectivity index (χ3v) is 4.30. The van der Waals surface area contributed by atoms with Crippen molar-refractivity contribution in [1.29, 1.82) is 0 Å². The Morgan fingerprint density at radius 3 is 2.52 bits per heavy atom. The van der Waals surface area contributed by atoms with Crippen LogP contribution >= 0.6 is 34.8 Å². The van der Waals surface area contributed by atoms with E-state index in [1.165, 1.54) is 18.3 Å². The number of nitrogens with zero attached hydrogens (tertiary/aromatic N) is 1. The van der Waals surface area contributed by atoms with Crippen molar-refractivity contribution in [1.82, 2.24) is 4.98 Å². The molecule has 0 bridgehead atoms. The van der Waals surface area contributed by atoms with E-state index in [9.17, 15) is 4.79 Å². The molecular weight excluding hydrogens is 361 g/mol. The number of esters is 1. The number of fused-ring (bicyclic) bond motifs is 1. The van der Waals surface area contributed by atoms with E-state index >= 15 is 0 Å². The molecule has 120 valence electrons. The fourth-order valence-corrected chi connectivity index (χ4v) is 3.27.